The van der Waals surface area contributed by atoms with Gasteiger partial charge in [-0.2, -0.15) is 70.6 Å². The van der Waals surface area contributed by atoms with Crippen LogP contribution in [0, 0.1) is 11.8 Å². The number of carbonyl (C=O) groups is 12. The van der Waals surface area contributed by atoms with Crippen LogP contribution in [-0.2, 0) is 114 Å². The Morgan fingerprint density at radius 3 is 0.686 bits per heavy atom. The number of ether oxygens (including phenoxy) is 12. The highest BCUT2D eigenvalue weighted by Gasteiger charge is 2.22. The second-order valence-electron chi connectivity index (χ2n) is 23.6. The fourth-order valence-corrected chi connectivity index (χ4v) is 11.3. The molecule has 0 aromatic heterocycles. The number of carbonyl (C=O) groups excluding carboxylic acids is 12. The largest absolute Gasteiger partial charge is 0.462 e. The summed E-state index contributed by atoms with van der Waals surface area (Å²) in [4.78, 5) is 158. The molecule has 0 aliphatic rings. The third-order valence-electron chi connectivity index (χ3n) is 15.0. The second kappa shape index (κ2) is 62.7. The van der Waals surface area contributed by atoms with Crippen LogP contribution >= 0.6 is 70.6 Å². The highest BCUT2D eigenvalue weighted by atomic mass is 32.2. The number of hydrogen-bond acceptors (Lipinski definition) is 35. The molecule has 0 aromatic carbocycles. The molecule has 102 heavy (non-hydrogen) atoms. The van der Waals surface area contributed by atoms with Gasteiger partial charge in [-0.3, -0.25) is 57.5 Å². The molecule has 0 aliphatic heterocycles. The quantitative estimate of drug-likeness (QED) is 0.0449. The molecule has 0 saturated heterocycles. The molecule has 0 rings (SSSR count). The molecule has 0 bridgehead atoms. The normalized spacial score (nSPS) is 13.1. The number of esters is 12. The van der Waals surface area contributed by atoms with Gasteiger partial charge >= 0.3 is 71.6 Å². The number of hydrogen-bond donors (Lipinski definition) is 0. The molecule has 0 radical (unpaired) electrons. The lowest BCUT2D eigenvalue weighted by Crippen LogP contribution is -2.32. The maximum Gasteiger partial charge on any atom is 0.318 e. The number of rotatable bonds is 64. The van der Waals surface area contributed by atoms with Gasteiger partial charge in [0.2, 0.25) is 0 Å². The minimum Gasteiger partial charge on any atom is -0.462 e. The molecule has 0 fully saturated rings. The van der Waals surface area contributed by atoms with Gasteiger partial charge in [0.05, 0.1) is 71.4 Å². The van der Waals surface area contributed by atoms with E-state index >= 15 is 0 Å². The molecule has 29 nitrogen and oxygen atoms in total. The lowest BCUT2D eigenvalue weighted by molar-refractivity contribution is -0.154. The van der Waals surface area contributed by atoms with E-state index in [-0.39, 0.29) is 165 Å². The summed E-state index contributed by atoms with van der Waals surface area (Å²) >= 11 is 8.38. The lowest BCUT2D eigenvalue weighted by atomic mass is 10.2. The van der Waals surface area contributed by atoms with Crippen LogP contribution in [0.25, 0.3) is 0 Å². The van der Waals surface area contributed by atoms with E-state index in [1.165, 1.54) is 70.6 Å². The maximum atomic E-state index is 12.7. The van der Waals surface area contributed by atoms with E-state index in [1.54, 1.807) is 66.6 Å². The van der Waals surface area contributed by atoms with Crippen molar-refractivity contribution in [3.63, 3.8) is 0 Å². The van der Waals surface area contributed by atoms with E-state index < -0.39 is 83.5 Å². The third-order valence-corrected chi connectivity index (χ3v) is 21.0. The van der Waals surface area contributed by atoms with Crippen LogP contribution in [0.4, 0.5) is 0 Å². The van der Waals surface area contributed by atoms with E-state index in [0.29, 0.717) is 49.2 Å². The molecule has 6 unspecified atom stereocenters. The summed E-state index contributed by atoms with van der Waals surface area (Å²) in [5.74, 6) is -4.13. The molecule has 590 valence electrons. The lowest BCUT2D eigenvalue weighted by Gasteiger charge is -2.22. The summed E-state index contributed by atoms with van der Waals surface area (Å²) in [6, 6.07) is 0. The minimum absolute atomic E-state index is 0.0214. The van der Waals surface area contributed by atoms with Crippen LogP contribution in [-0.4, -0.2) is 344 Å². The zero-order chi connectivity index (χ0) is 76.5. The molecule has 0 aromatic rings. The predicted octanol–water partition coefficient (Wildman–Crippen LogP) is 4.77. The smallest absolute Gasteiger partial charge is 0.318 e. The van der Waals surface area contributed by atoms with Crippen molar-refractivity contribution in [1.82, 2.24) is 24.5 Å². The standard InChI is InChI=1S/C67H117N5O24S6/c1-50(48-101-46-32-71(28-18-58(75)87-36-42-93-64(81)52(3)97-10)29-19-59(76)88-37-43-94-65(82)53(4)98-11)62(79)91-40-34-85-56(73)16-26-69(8)24-14-22-68(7)23-15-25-70(9)27-17-57(74)86-35-41-92-63(80)51(2)49-102-47-33-72(30-20-60(77)89-38-44-95-66(83)54(5)99-12)31-21-61(78)90-39-45-96-67(84)55(6)100-13/h50-55H,14-49H2,1-13H3. The number of thioether (sulfide) groups is 6. The van der Waals surface area contributed by atoms with E-state index in [4.69, 9.17) is 56.8 Å². The van der Waals surface area contributed by atoms with Crippen molar-refractivity contribution in [3.05, 3.63) is 0 Å². The predicted molar refractivity (Wildman–Crippen MR) is 399 cm³/mol. The number of nitrogens with zero attached hydrogens (tertiary/aromatic N) is 5. The fourth-order valence-electron chi connectivity index (χ4n) is 8.19. The first kappa shape index (κ1) is 97.5. The van der Waals surface area contributed by atoms with E-state index in [2.05, 4.69) is 14.7 Å². The SMILES string of the molecule is CSC(C)C(=O)OCCOC(=O)CCN(CCSCC(C)C(=O)OCCOC(=O)CCN(C)CCCN(C)CCCN(C)CCC(=O)OCCOC(=O)C(C)CSCCN(CCC(=O)OCCOC(=O)C(C)SC)CCC(=O)OCCOC(=O)C(C)SC)CCC(=O)OCCOC(=O)C(C)SC. The highest BCUT2D eigenvalue weighted by molar-refractivity contribution is 8.00. The first-order valence-corrected chi connectivity index (χ1v) is 41.8. The van der Waals surface area contributed by atoms with Crippen molar-refractivity contribution >= 4 is 142 Å². The molecule has 0 amide bonds. The molecule has 0 saturated carbocycles. The Bertz CT molecular complexity index is 2160. The molecular formula is C67H117N5O24S6. The van der Waals surface area contributed by atoms with Gasteiger partial charge in [0.1, 0.15) is 79.3 Å². The summed E-state index contributed by atoms with van der Waals surface area (Å²) in [6.07, 6.45) is 9.36. The summed E-state index contributed by atoms with van der Waals surface area (Å²) in [6.45, 7) is 15.7. The van der Waals surface area contributed by atoms with Gasteiger partial charge in [-0.05, 0) is 113 Å². The zero-order valence-electron chi connectivity index (χ0n) is 62.4. The molecule has 0 N–H and O–H groups in total. The molecule has 6 atom stereocenters. The van der Waals surface area contributed by atoms with Gasteiger partial charge in [0, 0.05) is 75.4 Å². The van der Waals surface area contributed by atoms with Crippen molar-refractivity contribution < 1.29 is 114 Å². The summed E-state index contributed by atoms with van der Waals surface area (Å²) < 4.78 is 62.8. The van der Waals surface area contributed by atoms with Gasteiger partial charge in [-0.25, -0.2) is 0 Å². The van der Waals surface area contributed by atoms with Gasteiger partial charge in [0.25, 0.3) is 0 Å². The van der Waals surface area contributed by atoms with Crippen molar-refractivity contribution in [3.8, 4) is 0 Å². The first-order valence-electron chi connectivity index (χ1n) is 34.4. The molecule has 0 spiro atoms. The fraction of sp³-hybridized carbons (Fsp3) is 0.821. The van der Waals surface area contributed by atoms with Crippen molar-refractivity contribution in [2.24, 2.45) is 11.8 Å². The zero-order valence-corrected chi connectivity index (χ0v) is 67.3. The van der Waals surface area contributed by atoms with Crippen LogP contribution in [0.2, 0.25) is 0 Å². The van der Waals surface area contributed by atoms with Crippen molar-refractivity contribution in [2.75, 3.05) is 227 Å². The average molecular weight is 1570 g/mol. The van der Waals surface area contributed by atoms with Gasteiger partial charge < -0.3 is 81.3 Å². The second-order valence-corrected chi connectivity index (χ2v) is 30.6. The third kappa shape index (κ3) is 54.2. The van der Waals surface area contributed by atoms with Gasteiger partial charge in [-0.15, -0.1) is 0 Å². The van der Waals surface area contributed by atoms with Gasteiger partial charge in [-0.1, -0.05) is 13.8 Å². The maximum absolute atomic E-state index is 12.7. The molecular weight excluding hydrogens is 1450 g/mol. The first-order chi connectivity index (χ1) is 48.6. The summed E-state index contributed by atoms with van der Waals surface area (Å²) in [5, 5.41) is -1.34. The summed E-state index contributed by atoms with van der Waals surface area (Å²) in [7, 11) is 5.92. The minimum atomic E-state index is -0.493. The summed E-state index contributed by atoms with van der Waals surface area (Å²) in [5.41, 5.74) is 0. The molecule has 0 heterocycles. The Hall–Kier alpha value is -4.46. The van der Waals surface area contributed by atoms with Crippen LogP contribution < -0.4 is 0 Å². The van der Waals surface area contributed by atoms with E-state index in [0.717, 1.165) is 39.0 Å². The van der Waals surface area contributed by atoms with Gasteiger partial charge in [0.15, 0.2) is 0 Å². The van der Waals surface area contributed by atoms with Crippen LogP contribution in [0.3, 0.4) is 0 Å². The Labute approximate surface area is 630 Å². The highest BCUT2D eigenvalue weighted by Crippen LogP contribution is 2.15. The average Bonchev–Trinajstić information content (AvgIpc) is 1.27. The Morgan fingerprint density at radius 2 is 0.461 bits per heavy atom. The van der Waals surface area contributed by atoms with E-state index in [1.807, 2.05) is 30.9 Å². The Morgan fingerprint density at radius 1 is 0.265 bits per heavy atom. The van der Waals surface area contributed by atoms with Crippen LogP contribution in [0.5, 0.6) is 0 Å². The monoisotopic (exact) mass is 1570 g/mol. The molecule has 0 aliphatic carbocycles. The Balaban J connectivity index is 4.51. The van der Waals surface area contributed by atoms with Crippen LogP contribution in [0.15, 0.2) is 0 Å². The van der Waals surface area contributed by atoms with Crippen LogP contribution in [0.1, 0.15) is 92.9 Å². The van der Waals surface area contributed by atoms with Crippen molar-refractivity contribution in [2.45, 2.75) is 114 Å². The van der Waals surface area contributed by atoms with Crippen molar-refractivity contribution in [1.29, 1.82) is 0 Å². The molecule has 35 heteroatoms. The topological polar surface area (TPSA) is 332 Å². The van der Waals surface area contributed by atoms with E-state index in [9.17, 15) is 57.5 Å². The Kier molecular flexibility index (Phi) is 60.0.